The summed E-state index contributed by atoms with van der Waals surface area (Å²) >= 11 is 0.667. The molecule has 2 N–H and O–H groups in total. The van der Waals surface area contributed by atoms with Gasteiger partial charge in [-0.2, -0.15) is 13.2 Å². The van der Waals surface area contributed by atoms with E-state index < -0.39 is 23.1 Å². The van der Waals surface area contributed by atoms with E-state index in [1.165, 1.54) is 6.07 Å². The molecule has 1 amide bonds. The largest absolute Gasteiger partial charge is 0.488 e. The van der Waals surface area contributed by atoms with Gasteiger partial charge in [0.25, 0.3) is 0 Å². The summed E-state index contributed by atoms with van der Waals surface area (Å²) in [6.45, 7) is 2.21. The standard InChI is InChI=1S/C26H25F3N2O4S/c1-15-10-18(11-17-8-9-31(23(15)17)25(34)21(30-2)13-22(32)33)35-14-19-12-20(16-6-4-3-5-7-16)24(36-19)26(27,28)29/h3-7,10-12,21,30H,8-9,13-14H2,1-2H3,(H,32,33)/t21-/m0/s1. The molecule has 0 saturated heterocycles. The van der Waals surface area contributed by atoms with Gasteiger partial charge in [0.15, 0.2) is 0 Å². The minimum Gasteiger partial charge on any atom is -0.488 e. The number of carboxylic acids is 1. The van der Waals surface area contributed by atoms with Crippen molar-refractivity contribution in [3.63, 3.8) is 0 Å². The third kappa shape index (κ3) is 5.39. The van der Waals surface area contributed by atoms with Gasteiger partial charge < -0.3 is 20.1 Å². The second kappa shape index (κ2) is 10.3. The highest BCUT2D eigenvalue weighted by Crippen LogP contribution is 2.43. The summed E-state index contributed by atoms with van der Waals surface area (Å²) in [5.74, 6) is -0.887. The molecule has 0 saturated carbocycles. The molecule has 0 radical (unpaired) electrons. The van der Waals surface area contributed by atoms with Crippen LogP contribution in [-0.4, -0.2) is 36.6 Å². The first-order valence-corrected chi connectivity index (χ1v) is 12.1. The highest BCUT2D eigenvalue weighted by atomic mass is 32.1. The van der Waals surface area contributed by atoms with Crippen LogP contribution in [-0.2, 0) is 28.8 Å². The van der Waals surface area contributed by atoms with Crippen LogP contribution in [0.5, 0.6) is 5.75 Å². The van der Waals surface area contributed by atoms with Crippen LogP contribution in [0.2, 0.25) is 0 Å². The first kappa shape index (κ1) is 25.7. The SMILES string of the molecule is CN[C@@H](CC(=O)O)C(=O)N1CCc2cc(OCc3cc(-c4ccccc4)c(C(F)(F)F)s3)cc(C)c21. The highest BCUT2D eigenvalue weighted by molar-refractivity contribution is 7.12. The number of aliphatic carboxylic acids is 1. The van der Waals surface area contributed by atoms with E-state index in [4.69, 9.17) is 9.84 Å². The van der Waals surface area contributed by atoms with Crippen molar-refractivity contribution in [1.82, 2.24) is 5.32 Å². The second-order valence-electron chi connectivity index (χ2n) is 8.53. The smallest absolute Gasteiger partial charge is 0.426 e. The van der Waals surface area contributed by atoms with Crippen LogP contribution in [0.4, 0.5) is 18.9 Å². The van der Waals surface area contributed by atoms with Crippen molar-refractivity contribution in [3.8, 4) is 16.9 Å². The van der Waals surface area contributed by atoms with E-state index in [1.54, 1.807) is 54.4 Å². The van der Waals surface area contributed by atoms with Crippen LogP contribution in [0.15, 0.2) is 48.5 Å². The number of alkyl halides is 3. The van der Waals surface area contributed by atoms with Gasteiger partial charge in [0.1, 0.15) is 17.2 Å². The Morgan fingerprint density at radius 1 is 1.19 bits per heavy atom. The summed E-state index contributed by atoms with van der Waals surface area (Å²) in [4.78, 5) is 25.4. The fraction of sp³-hybridized carbons (Fsp3) is 0.308. The van der Waals surface area contributed by atoms with Gasteiger partial charge in [-0.3, -0.25) is 9.59 Å². The maximum absolute atomic E-state index is 13.7. The highest BCUT2D eigenvalue weighted by Gasteiger charge is 2.36. The molecule has 4 rings (SSSR count). The fourth-order valence-corrected chi connectivity index (χ4v) is 5.39. The Kier molecular flexibility index (Phi) is 7.37. The Labute approximate surface area is 210 Å². The van der Waals surface area contributed by atoms with Crippen molar-refractivity contribution in [3.05, 3.63) is 69.4 Å². The van der Waals surface area contributed by atoms with E-state index in [1.807, 2.05) is 6.92 Å². The molecule has 2 heterocycles. The molecule has 10 heteroatoms. The van der Waals surface area contributed by atoms with Gasteiger partial charge in [-0.15, -0.1) is 11.3 Å². The van der Waals surface area contributed by atoms with E-state index in [9.17, 15) is 22.8 Å². The van der Waals surface area contributed by atoms with Gasteiger partial charge in [-0.25, -0.2) is 0 Å². The molecule has 0 fully saturated rings. The molecule has 2 aromatic carbocycles. The topological polar surface area (TPSA) is 78.9 Å². The van der Waals surface area contributed by atoms with E-state index in [0.717, 1.165) is 16.8 Å². The summed E-state index contributed by atoms with van der Waals surface area (Å²) in [5.41, 5.74) is 2.99. The average molecular weight is 519 g/mol. The molecule has 190 valence electrons. The predicted molar refractivity (Wildman–Crippen MR) is 131 cm³/mol. The third-order valence-corrected chi connectivity index (χ3v) is 7.18. The summed E-state index contributed by atoms with van der Waals surface area (Å²) < 4.78 is 46.9. The minimum atomic E-state index is -4.47. The zero-order valence-electron chi connectivity index (χ0n) is 19.7. The average Bonchev–Trinajstić information content (AvgIpc) is 3.46. The van der Waals surface area contributed by atoms with Crippen molar-refractivity contribution in [1.29, 1.82) is 0 Å². The lowest BCUT2D eigenvalue weighted by Gasteiger charge is -2.24. The van der Waals surface area contributed by atoms with E-state index in [0.29, 0.717) is 40.5 Å². The summed E-state index contributed by atoms with van der Waals surface area (Å²) in [7, 11) is 1.55. The first-order chi connectivity index (χ1) is 17.1. The lowest BCUT2D eigenvalue weighted by molar-refractivity contribution is -0.139. The number of amides is 1. The van der Waals surface area contributed by atoms with Crippen molar-refractivity contribution < 1.29 is 32.6 Å². The Morgan fingerprint density at radius 3 is 2.56 bits per heavy atom. The molecular weight excluding hydrogens is 493 g/mol. The number of aryl methyl sites for hydroxylation is 1. The van der Waals surface area contributed by atoms with Crippen molar-refractivity contribution in [2.45, 2.75) is 38.6 Å². The second-order valence-corrected chi connectivity index (χ2v) is 9.67. The molecule has 1 aromatic heterocycles. The summed E-state index contributed by atoms with van der Waals surface area (Å²) in [6, 6.07) is 12.7. The lowest BCUT2D eigenvalue weighted by Crippen LogP contribution is -2.46. The van der Waals surface area contributed by atoms with Gasteiger partial charge in [0.05, 0.1) is 18.2 Å². The van der Waals surface area contributed by atoms with E-state index >= 15 is 0 Å². The number of rotatable bonds is 8. The number of anilines is 1. The molecule has 0 bridgehead atoms. The molecule has 36 heavy (non-hydrogen) atoms. The number of hydrogen-bond donors (Lipinski definition) is 2. The first-order valence-electron chi connectivity index (χ1n) is 11.3. The summed E-state index contributed by atoms with van der Waals surface area (Å²) in [6.07, 6.45) is -4.23. The molecule has 1 atom stereocenters. The molecule has 1 aliphatic heterocycles. The monoisotopic (exact) mass is 518 g/mol. The normalized spacial score (nSPS) is 14.0. The zero-order chi connectivity index (χ0) is 26.0. The number of benzene rings is 2. The molecular formula is C26H25F3N2O4S. The number of halogens is 3. The number of hydrogen-bond acceptors (Lipinski definition) is 5. The minimum absolute atomic E-state index is 0.0259. The van der Waals surface area contributed by atoms with Gasteiger partial charge >= 0.3 is 12.1 Å². The number of carbonyl (C=O) groups excluding carboxylic acids is 1. The molecule has 3 aromatic rings. The molecule has 0 aliphatic carbocycles. The third-order valence-electron chi connectivity index (χ3n) is 6.03. The van der Waals surface area contributed by atoms with E-state index in [-0.39, 0.29) is 24.5 Å². The van der Waals surface area contributed by atoms with Gasteiger partial charge in [-0.05, 0) is 55.3 Å². The van der Waals surface area contributed by atoms with Crippen LogP contribution >= 0.6 is 11.3 Å². The molecule has 0 spiro atoms. The maximum atomic E-state index is 13.7. The predicted octanol–water partition coefficient (Wildman–Crippen LogP) is 5.27. The lowest BCUT2D eigenvalue weighted by atomic mass is 10.1. The van der Waals surface area contributed by atoms with Crippen molar-refractivity contribution in [2.75, 3.05) is 18.5 Å². The van der Waals surface area contributed by atoms with Crippen LogP contribution < -0.4 is 15.0 Å². The van der Waals surface area contributed by atoms with E-state index in [2.05, 4.69) is 5.32 Å². The van der Waals surface area contributed by atoms with Crippen molar-refractivity contribution in [2.24, 2.45) is 0 Å². The van der Waals surface area contributed by atoms with Crippen LogP contribution in [0.25, 0.3) is 11.1 Å². The number of carboxylic acid groups (broad SMARTS) is 1. The summed E-state index contributed by atoms with van der Waals surface area (Å²) in [5, 5.41) is 11.8. The number of ether oxygens (including phenoxy) is 1. The van der Waals surface area contributed by atoms with Crippen LogP contribution in [0, 0.1) is 6.92 Å². The molecule has 0 unspecified atom stereocenters. The van der Waals surface area contributed by atoms with Gasteiger partial charge in [-0.1, -0.05) is 30.3 Å². The number of thiophene rings is 1. The maximum Gasteiger partial charge on any atom is 0.426 e. The Hall–Kier alpha value is -3.37. The zero-order valence-corrected chi connectivity index (χ0v) is 20.5. The van der Waals surface area contributed by atoms with Gasteiger partial charge in [0, 0.05) is 17.0 Å². The number of likely N-dealkylation sites (N-methyl/N-ethyl adjacent to an activating group) is 1. The Bertz CT molecular complexity index is 1270. The quantitative estimate of drug-likeness (QED) is 0.425. The number of nitrogens with one attached hydrogen (secondary N) is 1. The molecule has 1 aliphatic rings. The Morgan fingerprint density at radius 2 is 1.92 bits per heavy atom. The number of nitrogens with zero attached hydrogens (tertiary/aromatic N) is 1. The number of carbonyl (C=O) groups is 2. The van der Waals surface area contributed by atoms with Crippen molar-refractivity contribution >= 4 is 28.9 Å². The molecule has 6 nitrogen and oxygen atoms in total. The number of fused-ring (bicyclic) bond motifs is 1. The van der Waals surface area contributed by atoms with Crippen LogP contribution in [0.3, 0.4) is 0 Å². The van der Waals surface area contributed by atoms with Gasteiger partial charge in [0.2, 0.25) is 5.91 Å². The fourth-order valence-electron chi connectivity index (χ4n) is 4.43. The Balaban J connectivity index is 1.54. The van der Waals surface area contributed by atoms with Crippen LogP contribution in [0.1, 0.15) is 27.3 Å².